The van der Waals surface area contributed by atoms with Crippen LogP contribution >= 0.6 is 28.4 Å². The lowest BCUT2D eigenvalue weighted by Crippen LogP contribution is -2.38. The maximum absolute atomic E-state index is 12.2. The van der Waals surface area contributed by atoms with E-state index in [0.717, 1.165) is 5.56 Å². The summed E-state index contributed by atoms with van der Waals surface area (Å²) in [6.45, 7) is 5.20. The number of amides is 1. The highest BCUT2D eigenvalue weighted by Gasteiger charge is 2.26. The summed E-state index contributed by atoms with van der Waals surface area (Å²) in [4.78, 5) is 32.8. The minimum Gasteiger partial charge on any atom is -0.467 e. The van der Waals surface area contributed by atoms with Crippen molar-refractivity contribution in [3.63, 3.8) is 0 Å². The summed E-state index contributed by atoms with van der Waals surface area (Å²) in [5.41, 5.74) is 1.70. The van der Waals surface area contributed by atoms with Gasteiger partial charge in [-0.25, -0.2) is 19.6 Å². The Morgan fingerprint density at radius 1 is 1.23 bits per heavy atom. The van der Waals surface area contributed by atoms with Gasteiger partial charge < -0.3 is 25.3 Å². The molecule has 2 rings (SSSR count). The van der Waals surface area contributed by atoms with Gasteiger partial charge in [-0.2, -0.15) is 0 Å². The van der Waals surface area contributed by atoms with Gasteiger partial charge in [-0.15, -0.1) is 0 Å². The van der Waals surface area contributed by atoms with Crippen LogP contribution in [0.15, 0.2) is 30.6 Å². The van der Waals surface area contributed by atoms with Gasteiger partial charge in [0.2, 0.25) is 0 Å². The van der Waals surface area contributed by atoms with Crippen LogP contribution in [0.2, 0.25) is 0 Å². The highest BCUT2D eigenvalue weighted by molar-refractivity contribution is 14.2. The normalized spacial score (nSPS) is 12.3. The standard InChI is InChI=1S/C19H23IN5O4P/c1-19(2,3)29-18(27)24-15(17(26)28-4)12-7-5-11(6-8-12)14-13(9-21)16(25-30-20)23-10-22-14/h5-10,15,21,30H,1-4H3,(H,24,27)(H,22,23,25). The number of methoxy groups -OCH3 is 1. The van der Waals surface area contributed by atoms with Crippen LogP contribution in [-0.4, -0.2) is 41.0 Å². The molecular formula is C19H23IN5O4P. The quantitative estimate of drug-likeness (QED) is 0.207. The minimum atomic E-state index is -1.02. The van der Waals surface area contributed by atoms with Gasteiger partial charge >= 0.3 is 12.1 Å². The van der Waals surface area contributed by atoms with Gasteiger partial charge in [-0.1, -0.05) is 24.3 Å². The number of rotatable bonds is 7. The zero-order valence-corrected chi connectivity index (χ0v) is 20.1. The smallest absolute Gasteiger partial charge is 0.408 e. The molecule has 9 nitrogen and oxygen atoms in total. The average molecular weight is 543 g/mol. The predicted molar refractivity (Wildman–Crippen MR) is 125 cm³/mol. The van der Waals surface area contributed by atoms with E-state index in [1.54, 1.807) is 45.0 Å². The number of nitrogens with zero attached hydrogens (tertiary/aromatic N) is 2. The lowest BCUT2D eigenvalue weighted by atomic mass is 10.0. The van der Waals surface area contributed by atoms with Crippen molar-refractivity contribution >= 4 is 52.5 Å². The number of benzene rings is 1. The number of carbonyl (C=O) groups excluding carboxylic acids is 2. The number of hydrogen-bond acceptors (Lipinski definition) is 8. The maximum Gasteiger partial charge on any atom is 0.408 e. The molecule has 0 aliphatic rings. The van der Waals surface area contributed by atoms with Crippen molar-refractivity contribution in [2.24, 2.45) is 0 Å². The van der Waals surface area contributed by atoms with Gasteiger partial charge in [0.05, 0.1) is 18.4 Å². The molecule has 1 amide bonds. The Hall–Kier alpha value is -2.33. The number of aromatic nitrogens is 2. The molecule has 30 heavy (non-hydrogen) atoms. The van der Waals surface area contributed by atoms with E-state index in [1.807, 2.05) is 0 Å². The summed E-state index contributed by atoms with van der Waals surface area (Å²) in [5, 5.41) is 13.4. The Morgan fingerprint density at radius 3 is 2.43 bits per heavy atom. The summed E-state index contributed by atoms with van der Waals surface area (Å²) >= 11 is 2.18. The third kappa shape index (κ3) is 6.33. The number of carbonyl (C=O) groups is 2. The van der Waals surface area contributed by atoms with E-state index in [2.05, 4.69) is 42.4 Å². The van der Waals surface area contributed by atoms with Crippen LogP contribution in [0.1, 0.15) is 37.9 Å². The van der Waals surface area contributed by atoms with Crippen LogP contribution in [0.5, 0.6) is 0 Å². The molecule has 11 heteroatoms. The number of ether oxygens (including phenoxy) is 2. The molecule has 2 aromatic rings. The van der Waals surface area contributed by atoms with E-state index in [-0.39, 0.29) is 0 Å². The number of hydrogen-bond donors (Lipinski definition) is 3. The lowest BCUT2D eigenvalue weighted by molar-refractivity contribution is -0.143. The van der Waals surface area contributed by atoms with Crippen LogP contribution in [0.25, 0.3) is 11.3 Å². The van der Waals surface area contributed by atoms with Crippen molar-refractivity contribution in [3.8, 4) is 11.3 Å². The van der Waals surface area contributed by atoms with Crippen molar-refractivity contribution < 1.29 is 19.1 Å². The molecule has 1 aromatic heterocycles. The number of esters is 1. The van der Waals surface area contributed by atoms with E-state index in [0.29, 0.717) is 29.0 Å². The zero-order chi connectivity index (χ0) is 22.3. The number of alkyl carbamates (subject to hydrolysis) is 1. The molecule has 2 unspecified atom stereocenters. The van der Waals surface area contributed by atoms with Crippen molar-refractivity contribution in [1.29, 1.82) is 5.41 Å². The van der Waals surface area contributed by atoms with Gasteiger partial charge in [0.15, 0.2) is 6.04 Å². The van der Waals surface area contributed by atoms with E-state index < -0.39 is 23.7 Å². The van der Waals surface area contributed by atoms with E-state index in [9.17, 15) is 9.59 Å². The number of halogens is 1. The van der Waals surface area contributed by atoms with Gasteiger partial charge in [0.25, 0.3) is 0 Å². The van der Waals surface area contributed by atoms with Gasteiger partial charge in [0.1, 0.15) is 17.7 Å². The molecule has 0 saturated carbocycles. The monoisotopic (exact) mass is 543 g/mol. The molecule has 0 bridgehead atoms. The van der Waals surface area contributed by atoms with Gasteiger partial charge in [0, 0.05) is 18.2 Å². The van der Waals surface area contributed by atoms with Crippen molar-refractivity contribution in [1.82, 2.24) is 15.3 Å². The SMILES string of the molecule is COC(=O)C(NC(=O)OC(C)(C)C)c1ccc(-c2ncnc(NPI)c2C=N)cc1. The number of anilines is 1. The molecule has 0 aliphatic heterocycles. The van der Waals surface area contributed by atoms with Crippen LogP contribution in [-0.2, 0) is 14.3 Å². The first-order chi connectivity index (χ1) is 14.2. The second kappa shape index (κ2) is 10.6. The first kappa shape index (κ1) is 23.9. The molecule has 0 saturated heterocycles. The highest BCUT2D eigenvalue weighted by atomic mass is 127. The molecule has 0 fully saturated rings. The summed E-state index contributed by atoms with van der Waals surface area (Å²) in [6.07, 6.45) is 2.30. The van der Waals surface area contributed by atoms with Crippen molar-refractivity contribution in [2.45, 2.75) is 32.4 Å². The van der Waals surface area contributed by atoms with E-state index >= 15 is 0 Å². The lowest BCUT2D eigenvalue weighted by Gasteiger charge is -2.23. The van der Waals surface area contributed by atoms with Crippen LogP contribution in [0, 0.1) is 5.41 Å². The van der Waals surface area contributed by atoms with Crippen LogP contribution < -0.4 is 10.4 Å². The van der Waals surface area contributed by atoms with Crippen molar-refractivity contribution in [2.75, 3.05) is 12.2 Å². The topological polar surface area (TPSA) is 126 Å². The van der Waals surface area contributed by atoms with Gasteiger partial charge in [-0.05, 0) is 48.4 Å². The summed E-state index contributed by atoms with van der Waals surface area (Å²) in [7, 11) is 1.25. The maximum atomic E-state index is 12.2. The predicted octanol–water partition coefficient (Wildman–Crippen LogP) is 4.24. The molecule has 0 spiro atoms. The highest BCUT2D eigenvalue weighted by Crippen LogP contribution is 2.30. The molecule has 3 N–H and O–H groups in total. The van der Waals surface area contributed by atoms with Crippen LogP contribution in [0.3, 0.4) is 0 Å². The van der Waals surface area contributed by atoms with Gasteiger partial charge in [-0.3, -0.25) is 0 Å². The molecular weight excluding hydrogens is 520 g/mol. The largest absolute Gasteiger partial charge is 0.467 e. The average Bonchev–Trinajstić information content (AvgIpc) is 2.70. The fraction of sp³-hybridized carbons (Fsp3) is 0.316. The molecule has 0 radical (unpaired) electrons. The Bertz CT molecular complexity index is 918. The second-order valence-electron chi connectivity index (χ2n) is 7.07. The third-order valence-electron chi connectivity index (χ3n) is 3.81. The summed E-state index contributed by atoms with van der Waals surface area (Å²) in [5.74, 6) is -0.0452. The Labute approximate surface area is 189 Å². The fourth-order valence-corrected chi connectivity index (χ4v) is 3.62. The number of nitrogens with one attached hydrogen (secondary N) is 3. The molecule has 1 heterocycles. The summed E-state index contributed by atoms with van der Waals surface area (Å²) in [6, 6.07) is 5.87. The second-order valence-corrected chi connectivity index (χ2v) is 9.13. The summed E-state index contributed by atoms with van der Waals surface area (Å²) < 4.78 is 10.1. The first-order valence-corrected chi connectivity index (χ1v) is 13.0. The fourth-order valence-electron chi connectivity index (χ4n) is 2.56. The Kier molecular flexibility index (Phi) is 8.48. The molecule has 1 aromatic carbocycles. The molecule has 160 valence electrons. The molecule has 0 aliphatic carbocycles. The minimum absolute atomic E-state index is 0.396. The third-order valence-corrected chi connectivity index (χ3v) is 4.95. The Balaban J connectivity index is 2.34. The van der Waals surface area contributed by atoms with E-state index in [1.165, 1.54) is 19.7 Å². The zero-order valence-electron chi connectivity index (χ0n) is 16.9. The van der Waals surface area contributed by atoms with Crippen molar-refractivity contribution in [3.05, 3.63) is 41.7 Å². The molecule has 2 atom stereocenters. The van der Waals surface area contributed by atoms with E-state index in [4.69, 9.17) is 14.9 Å². The van der Waals surface area contributed by atoms with Crippen LogP contribution in [0.4, 0.5) is 10.6 Å². The first-order valence-electron chi connectivity index (χ1n) is 8.85. The Morgan fingerprint density at radius 2 is 1.90 bits per heavy atom.